The van der Waals surface area contributed by atoms with Gasteiger partial charge in [-0.15, -0.1) is 0 Å². The Balaban J connectivity index is 2.31. The zero-order valence-electron chi connectivity index (χ0n) is 8.95. The van der Waals surface area contributed by atoms with Gasteiger partial charge < -0.3 is 4.90 Å². The fraction of sp³-hybridized carbons (Fsp3) is 0.364. The minimum atomic E-state index is -1.11. The zero-order valence-corrected chi connectivity index (χ0v) is 9.77. The molecule has 0 saturated carbocycles. The van der Waals surface area contributed by atoms with Crippen LogP contribution in [0.15, 0.2) is 12.1 Å². The molecule has 0 spiro atoms. The summed E-state index contributed by atoms with van der Waals surface area (Å²) in [6.07, 6.45) is 0. The smallest absolute Gasteiger partial charge is 0.183 e. The molecule has 0 aliphatic carbocycles. The predicted octanol–water partition coefficient (Wildman–Crippen LogP) is 1.41. The molecule has 0 atom stereocenters. The van der Waals surface area contributed by atoms with Crippen molar-refractivity contribution in [1.82, 2.24) is 0 Å². The average Bonchev–Trinajstić information content (AvgIpc) is 2.34. The van der Waals surface area contributed by atoms with Crippen LogP contribution in [0.5, 0.6) is 0 Å². The molecule has 1 aliphatic heterocycles. The second-order valence-corrected chi connectivity index (χ2v) is 5.40. The van der Waals surface area contributed by atoms with E-state index in [2.05, 4.69) is 0 Å². The highest BCUT2D eigenvalue weighted by Gasteiger charge is 2.21. The molecule has 0 aromatic heterocycles. The normalized spacial score (nSPS) is 16.9. The van der Waals surface area contributed by atoms with Crippen molar-refractivity contribution in [3.05, 3.63) is 29.3 Å². The van der Waals surface area contributed by atoms with Crippen LogP contribution in [0.25, 0.3) is 0 Å². The molecular weight excluding hydrogens is 246 g/mol. The summed E-state index contributed by atoms with van der Waals surface area (Å²) in [5.41, 5.74) is -0.162. The highest BCUT2D eigenvalue weighted by molar-refractivity contribution is 7.85. The minimum absolute atomic E-state index is 0.137. The van der Waals surface area contributed by atoms with Crippen LogP contribution in [0.1, 0.15) is 5.56 Å². The number of hydrogen-bond acceptors (Lipinski definition) is 3. The molecule has 1 saturated heterocycles. The topological polar surface area (TPSA) is 44.1 Å². The van der Waals surface area contributed by atoms with Crippen molar-refractivity contribution in [2.24, 2.45) is 0 Å². The van der Waals surface area contributed by atoms with Crippen LogP contribution in [0.4, 0.5) is 14.5 Å². The lowest BCUT2D eigenvalue weighted by Crippen LogP contribution is -2.38. The second-order valence-electron chi connectivity index (χ2n) is 3.71. The SMILES string of the molecule is N#Cc1ccc(N2CCS(=O)CC2)c(F)c1F. The first-order valence-electron chi connectivity index (χ1n) is 5.11. The van der Waals surface area contributed by atoms with Crippen LogP contribution >= 0.6 is 0 Å². The van der Waals surface area contributed by atoms with E-state index in [1.807, 2.05) is 0 Å². The number of anilines is 1. The van der Waals surface area contributed by atoms with E-state index in [-0.39, 0.29) is 11.3 Å². The predicted molar refractivity (Wildman–Crippen MR) is 61.2 cm³/mol. The summed E-state index contributed by atoms with van der Waals surface area (Å²) in [6.45, 7) is 0.879. The first-order chi connectivity index (χ1) is 8.13. The molecule has 6 heteroatoms. The lowest BCUT2D eigenvalue weighted by Gasteiger charge is -2.28. The maximum absolute atomic E-state index is 13.7. The fourth-order valence-corrected chi connectivity index (χ4v) is 2.80. The monoisotopic (exact) mass is 256 g/mol. The highest BCUT2D eigenvalue weighted by Crippen LogP contribution is 2.24. The summed E-state index contributed by atoms with van der Waals surface area (Å²) >= 11 is 0. The third-order valence-electron chi connectivity index (χ3n) is 2.70. The minimum Gasteiger partial charge on any atom is -0.367 e. The second kappa shape index (κ2) is 4.80. The zero-order chi connectivity index (χ0) is 12.4. The van der Waals surface area contributed by atoms with Crippen LogP contribution in [-0.4, -0.2) is 28.8 Å². The molecule has 1 aromatic carbocycles. The molecule has 0 unspecified atom stereocenters. The Bertz CT molecular complexity index is 503. The lowest BCUT2D eigenvalue weighted by molar-refractivity contribution is 0.504. The first-order valence-corrected chi connectivity index (χ1v) is 6.60. The molecular formula is C11H10F2N2OS. The number of hydrogen-bond donors (Lipinski definition) is 0. The molecule has 90 valence electrons. The Kier molecular flexibility index (Phi) is 3.38. The van der Waals surface area contributed by atoms with Gasteiger partial charge in [0.25, 0.3) is 0 Å². The van der Waals surface area contributed by atoms with E-state index >= 15 is 0 Å². The third kappa shape index (κ3) is 2.29. The quantitative estimate of drug-likeness (QED) is 0.763. The molecule has 2 rings (SSSR count). The maximum atomic E-state index is 13.7. The summed E-state index contributed by atoms with van der Waals surface area (Å²) in [5, 5.41) is 8.57. The lowest BCUT2D eigenvalue weighted by atomic mass is 10.2. The third-order valence-corrected chi connectivity index (χ3v) is 3.98. The summed E-state index contributed by atoms with van der Waals surface area (Å²) in [4.78, 5) is 1.65. The van der Waals surface area contributed by atoms with Crippen molar-refractivity contribution >= 4 is 16.5 Å². The highest BCUT2D eigenvalue weighted by atomic mass is 32.2. The van der Waals surface area contributed by atoms with E-state index < -0.39 is 22.4 Å². The van der Waals surface area contributed by atoms with E-state index in [0.717, 1.165) is 0 Å². The summed E-state index contributed by atoms with van der Waals surface area (Å²) in [7, 11) is -0.863. The number of nitrogens with zero attached hydrogens (tertiary/aromatic N) is 2. The van der Waals surface area contributed by atoms with Crippen LogP contribution < -0.4 is 4.90 Å². The van der Waals surface area contributed by atoms with Gasteiger partial charge in [-0.2, -0.15) is 5.26 Å². The number of halogens is 2. The van der Waals surface area contributed by atoms with Gasteiger partial charge in [-0.25, -0.2) is 8.78 Å². The van der Waals surface area contributed by atoms with Crippen LogP contribution in [0, 0.1) is 23.0 Å². The van der Waals surface area contributed by atoms with Crippen molar-refractivity contribution in [2.75, 3.05) is 29.5 Å². The van der Waals surface area contributed by atoms with Gasteiger partial charge >= 0.3 is 0 Å². The van der Waals surface area contributed by atoms with Crippen molar-refractivity contribution < 1.29 is 13.0 Å². The molecule has 0 radical (unpaired) electrons. The van der Waals surface area contributed by atoms with E-state index in [0.29, 0.717) is 24.6 Å². The molecule has 0 amide bonds. The summed E-state index contributed by atoms with van der Waals surface area (Å²) in [5.74, 6) is -1.20. The largest absolute Gasteiger partial charge is 0.367 e. The van der Waals surface area contributed by atoms with Gasteiger partial charge in [0, 0.05) is 35.4 Å². The number of rotatable bonds is 1. The van der Waals surface area contributed by atoms with Gasteiger partial charge in [-0.1, -0.05) is 0 Å². The van der Waals surface area contributed by atoms with Crippen molar-refractivity contribution in [3.8, 4) is 6.07 Å². The van der Waals surface area contributed by atoms with Gasteiger partial charge in [-0.05, 0) is 12.1 Å². The van der Waals surface area contributed by atoms with E-state index in [9.17, 15) is 13.0 Å². The van der Waals surface area contributed by atoms with E-state index in [1.54, 1.807) is 11.0 Å². The molecule has 1 heterocycles. The standard InChI is InChI=1S/C11H10F2N2OS/c12-10-8(7-14)1-2-9(11(10)13)15-3-5-17(16)6-4-15/h1-2H,3-6H2. The van der Waals surface area contributed by atoms with Gasteiger partial charge in [0.1, 0.15) is 6.07 Å². The Morgan fingerprint density at radius 3 is 2.47 bits per heavy atom. The molecule has 17 heavy (non-hydrogen) atoms. The Morgan fingerprint density at radius 1 is 1.24 bits per heavy atom. The van der Waals surface area contributed by atoms with E-state index in [1.165, 1.54) is 12.1 Å². The van der Waals surface area contributed by atoms with Crippen molar-refractivity contribution in [1.29, 1.82) is 5.26 Å². The van der Waals surface area contributed by atoms with Crippen molar-refractivity contribution in [2.45, 2.75) is 0 Å². The van der Waals surface area contributed by atoms with Crippen molar-refractivity contribution in [3.63, 3.8) is 0 Å². The first kappa shape index (κ1) is 12.0. The fourth-order valence-electron chi connectivity index (χ4n) is 1.75. The number of benzene rings is 1. The molecule has 3 nitrogen and oxygen atoms in total. The average molecular weight is 256 g/mol. The summed E-state index contributed by atoms with van der Waals surface area (Å²) < 4.78 is 38.3. The Labute approximate surface area is 100 Å². The Morgan fingerprint density at radius 2 is 1.88 bits per heavy atom. The van der Waals surface area contributed by atoms with Gasteiger partial charge in [0.05, 0.1) is 11.3 Å². The Hall–Kier alpha value is -1.48. The molecule has 1 aliphatic rings. The van der Waals surface area contributed by atoms with Gasteiger partial charge in [0.2, 0.25) is 0 Å². The van der Waals surface area contributed by atoms with Gasteiger partial charge in [0.15, 0.2) is 11.6 Å². The van der Waals surface area contributed by atoms with Crippen LogP contribution in [0.3, 0.4) is 0 Å². The van der Waals surface area contributed by atoms with E-state index in [4.69, 9.17) is 5.26 Å². The van der Waals surface area contributed by atoms with Crippen LogP contribution in [0.2, 0.25) is 0 Å². The number of nitriles is 1. The van der Waals surface area contributed by atoms with Gasteiger partial charge in [-0.3, -0.25) is 4.21 Å². The summed E-state index contributed by atoms with van der Waals surface area (Å²) in [6, 6.07) is 4.25. The molecule has 1 fully saturated rings. The molecule has 1 aromatic rings. The molecule has 0 N–H and O–H groups in total. The molecule has 0 bridgehead atoms. The van der Waals surface area contributed by atoms with Crippen LogP contribution in [-0.2, 0) is 10.8 Å². The maximum Gasteiger partial charge on any atom is 0.183 e.